The minimum absolute atomic E-state index is 0.207. The lowest BCUT2D eigenvalue weighted by atomic mass is 10.0. The van der Waals surface area contributed by atoms with E-state index in [0.29, 0.717) is 0 Å². The van der Waals surface area contributed by atoms with Crippen LogP contribution >= 0.6 is 11.8 Å². The Bertz CT molecular complexity index is 1600. The molecule has 0 radical (unpaired) electrons. The highest BCUT2D eigenvalue weighted by molar-refractivity contribution is 8.01. The molecule has 0 amide bonds. The van der Waals surface area contributed by atoms with Gasteiger partial charge in [-0.3, -0.25) is 0 Å². The molecule has 2 aliphatic carbocycles. The van der Waals surface area contributed by atoms with Gasteiger partial charge in [0.25, 0.3) is 11.4 Å². The smallest absolute Gasteiger partial charge is 0.262 e. The van der Waals surface area contributed by atoms with E-state index in [2.05, 4.69) is 115 Å². The molecule has 4 heteroatoms. The molecule has 2 aromatic rings. The fourth-order valence-corrected chi connectivity index (χ4v) is 6.14. The minimum Gasteiger partial charge on any atom is -0.468 e. The van der Waals surface area contributed by atoms with Crippen LogP contribution in [0.25, 0.3) is 0 Å². The minimum atomic E-state index is -0.207. The van der Waals surface area contributed by atoms with Gasteiger partial charge in [-0.25, -0.2) is 0 Å². The van der Waals surface area contributed by atoms with Crippen LogP contribution in [0, 0.1) is 19.3 Å². The number of fused-ring (bicyclic) bond motifs is 4. The third-order valence-electron chi connectivity index (χ3n) is 6.71. The third-order valence-corrected chi connectivity index (χ3v) is 7.95. The van der Waals surface area contributed by atoms with E-state index in [4.69, 9.17) is 11.2 Å². The van der Waals surface area contributed by atoms with E-state index in [0.717, 1.165) is 34.2 Å². The Balaban J connectivity index is 1.60. The standard InChI is InChI=1S/C33H28N2OS/c1-5-24(17-14-22(2)3)34-26-10-6-8-12-30(26)36-31-20-29-33(21-28(31)34)37-32-13-9-7-11-27(32)35(29)25-18-15-23(4)16-19-25/h1,6-21,30,32H,2-4H3/q+2. The average molecular weight is 501 g/mol. The molecular formula is C33H28N2OS+2. The summed E-state index contributed by atoms with van der Waals surface area (Å²) in [5.41, 5.74) is 8.71. The molecule has 0 saturated heterocycles. The Hall–Kier alpha value is -4.07. The summed E-state index contributed by atoms with van der Waals surface area (Å²) in [5.74, 6) is 3.75. The predicted molar refractivity (Wildman–Crippen MR) is 156 cm³/mol. The van der Waals surface area contributed by atoms with Crippen molar-refractivity contribution < 1.29 is 9.31 Å². The molecule has 6 rings (SSSR count). The molecule has 180 valence electrons. The van der Waals surface area contributed by atoms with Gasteiger partial charge in [-0.1, -0.05) is 59.7 Å². The summed E-state index contributed by atoms with van der Waals surface area (Å²) in [5, 5.41) is 0.223. The van der Waals surface area contributed by atoms with E-state index in [1.54, 1.807) is 0 Å². The van der Waals surface area contributed by atoms with Gasteiger partial charge in [-0.05, 0) is 32.8 Å². The summed E-state index contributed by atoms with van der Waals surface area (Å²) in [6.07, 6.45) is 26.9. The molecule has 4 aliphatic rings. The van der Waals surface area contributed by atoms with Gasteiger partial charge < -0.3 is 4.74 Å². The fraction of sp³-hybridized carbons (Fsp3) is 0.152. The van der Waals surface area contributed by atoms with Crippen LogP contribution in [0.5, 0.6) is 5.75 Å². The highest BCUT2D eigenvalue weighted by Crippen LogP contribution is 2.48. The van der Waals surface area contributed by atoms with Gasteiger partial charge in [-0.15, -0.1) is 22.8 Å². The summed E-state index contributed by atoms with van der Waals surface area (Å²) in [7, 11) is 0. The zero-order valence-corrected chi connectivity index (χ0v) is 22.0. The lowest BCUT2D eigenvalue weighted by molar-refractivity contribution is -0.383. The maximum absolute atomic E-state index is 6.59. The molecule has 0 fully saturated rings. The zero-order chi connectivity index (χ0) is 25.5. The van der Waals surface area contributed by atoms with Crippen LogP contribution in [0.1, 0.15) is 19.4 Å². The second-order valence-corrected chi connectivity index (χ2v) is 10.8. The average Bonchev–Trinajstić information content (AvgIpc) is 2.91. The van der Waals surface area contributed by atoms with E-state index in [-0.39, 0.29) is 11.4 Å². The van der Waals surface area contributed by atoms with Crippen molar-refractivity contribution in [3.05, 3.63) is 114 Å². The van der Waals surface area contributed by atoms with Crippen molar-refractivity contribution in [2.75, 3.05) is 0 Å². The first-order valence-corrected chi connectivity index (χ1v) is 13.3. The van der Waals surface area contributed by atoms with Crippen molar-refractivity contribution in [2.45, 2.75) is 37.0 Å². The molecule has 3 nitrogen and oxygen atoms in total. The maximum Gasteiger partial charge on any atom is 0.262 e. The summed E-state index contributed by atoms with van der Waals surface area (Å²) < 4.78 is 11.1. The van der Waals surface area contributed by atoms with Gasteiger partial charge >= 0.3 is 0 Å². The number of terminal acetylenes is 1. The highest BCUT2D eigenvalue weighted by Gasteiger charge is 2.42. The Morgan fingerprint density at radius 3 is 2.46 bits per heavy atom. The molecule has 0 aromatic heterocycles. The molecular weight excluding hydrogens is 472 g/mol. The SMILES string of the molecule is C#CC(=CC=C(C)C)[N+]1=C2C=CC=CC2Oc2cc3c(cc21)SC1C=CC=CC1=[N+]3c1ccc(C)cc1. The first-order valence-electron chi connectivity index (χ1n) is 12.5. The predicted octanol–water partition coefficient (Wildman–Crippen LogP) is 7.33. The Morgan fingerprint density at radius 1 is 0.946 bits per heavy atom. The number of nitrogens with zero attached hydrogens (tertiary/aromatic N) is 2. The molecule has 0 N–H and O–H groups in total. The topological polar surface area (TPSA) is 15.2 Å². The first-order chi connectivity index (χ1) is 18.0. The van der Waals surface area contributed by atoms with Crippen LogP contribution in [0.2, 0.25) is 0 Å². The monoisotopic (exact) mass is 500 g/mol. The number of allylic oxidation sites excluding steroid dienone is 9. The van der Waals surface area contributed by atoms with Crippen LogP contribution in [0.15, 0.2) is 113 Å². The summed E-state index contributed by atoms with van der Waals surface area (Å²) in [6.45, 7) is 6.27. The second kappa shape index (κ2) is 9.42. The van der Waals surface area contributed by atoms with Crippen molar-refractivity contribution in [1.82, 2.24) is 4.58 Å². The Kier molecular flexibility index (Phi) is 5.94. The van der Waals surface area contributed by atoms with Crippen LogP contribution in [0.3, 0.4) is 0 Å². The van der Waals surface area contributed by atoms with E-state index >= 15 is 0 Å². The number of aryl methyl sites for hydroxylation is 1. The third kappa shape index (κ3) is 4.16. The summed E-state index contributed by atoms with van der Waals surface area (Å²) >= 11 is 1.86. The van der Waals surface area contributed by atoms with Crippen LogP contribution in [-0.4, -0.2) is 27.4 Å². The van der Waals surface area contributed by atoms with Crippen molar-refractivity contribution in [1.29, 1.82) is 0 Å². The van der Waals surface area contributed by atoms with Crippen molar-refractivity contribution in [3.63, 3.8) is 0 Å². The van der Waals surface area contributed by atoms with Crippen LogP contribution < -0.4 is 9.31 Å². The van der Waals surface area contributed by atoms with Crippen molar-refractivity contribution in [3.8, 4) is 18.1 Å². The quantitative estimate of drug-likeness (QED) is 0.249. The molecule has 2 aliphatic heterocycles. The molecule has 2 heterocycles. The van der Waals surface area contributed by atoms with E-state index in [1.807, 2.05) is 30.0 Å². The highest BCUT2D eigenvalue weighted by atomic mass is 32.2. The number of hydrogen-bond donors (Lipinski definition) is 0. The van der Waals surface area contributed by atoms with Gasteiger partial charge in [0.2, 0.25) is 28.9 Å². The largest absolute Gasteiger partial charge is 0.468 e. The lowest BCUT2D eigenvalue weighted by Gasteiger charge is -2.26. The van der Waals surface area contributed by atoms with Crippen molar-refractivity contribution in [2.24, 2.45) is 0 Å². The molecule has 0 spiro atoms. The molecule has 0 bridgehead atoms. The Labute approximate surface area is 222 Å². The van der Waals surface area contributed by atoms with Gasteiger partial charge in [-0.2, -0.15) is 4.58 Å². The van der Waals surface area contributed by atoms with Gasteiger partial charge in [0.1, 0.15) is 5.25 Å². The van der Waals surface area contributed by atoms with Crippen LogP contribution in [-0.2, 0) is 0 Å². The molecule has 37 heavy (non-hydrogen) atoms. The Morgan fingerprint density at radius 2 is 1.70 bits per heavy atom. The van der Waals surface area contributed by atoms with E-state index in [1.165, 1.54) is 21.7 Å². The molecule has 2 aromatic carbocycles. The fourth-order valence-electron chi connectivity index (χ4n) is 4.94. The molecule has 2 unspecified atom stereocenters. The van der Waals surface area contributed by atoms with Gasteiger partial charge in [0, 0.05) is 36.4 Å². The zero-order valence-electron chi connectivity index (χ0n) is 21.2. The number of ether oxygens (including phenoxy) is 1. The van der Waals surface area contributed by atoms with Gasteiger partial charge in [0.05, 0.1) is 11.0 Å². The number of hydrogen-bond acceptors (Lipinski definition) is 2. The first kappa shape index (κ1) is 23.3. The molecule has 2 atom stereocenters. The summed E-state index contributed by atoms with van der Waals surface area (Å²) in [4.78, 5) is 1.19. The van der Waals surface area contributed by atoms with E-state index < -0.39 is 0 Å². The second-order valence-electron chi connectivity index (χ2n) is 9.65. The molecule has 0 saturated carbocycles. The van der Waals surface area contributed by atoms with Crippen molar-refractivity contribution >= 4 is 40.2 Å². The number of thioether (sulfide) groups is 1. The van der Waals surface area contributed by atoms with E-state index in [9.17, 15) is 0 Å². The summed E-state index contributed by atoms with van der Waals surface area (Å²) in [6, 6.07) is 13.1. The maximum atomic E-state index is 6.59. The number of benzene rings is 2. The number of rotatable bonds is 3. The lowest BCUT2D eigenvalue weighted by Crippen LogP contribution is -2.36. The van der Waals surface area contributed by atoms with Gasteiger partial charge in [0.15, 0.2) is 5.75 Å². The normalized spacial score (nSPS) is 21.0. The van der Waals surface area contributed by atoms with Crippen LogP contribution in [0.4, 0.5) is 17.1 Å².